The number of hydrogen-bond donors (Lipinski definition) is 2. The van der Waals surface area contributed by atoms with Gasteiger partial charge in [0.25, 0.3) is 0 Å². The van der Waals surface area contributed by atoms with E-state index in [4.69, 9.17) is 0 Å². The lowest BCUT2D eigenvalue weighted by molar-refractivity contribution is -0.126. The quantitative estimate of drug-likeness (QED) is 0.678. The zero-order chi connectivity index (χ0) is 23.0. The zero-order valence-electron chi connectivity index (χ0n) is 18.4. The van der Waals surface area contributed by atoms with Crippen LogP contribution in [0.25, 0.3) is 12.2 Å². The lowest BCUT2D eigenvalue weighted by Gasteiger charge is -2.27. The number of aryl methyl sites for hydroxylation is 1. The van der Waals surface area contributed by atoms with Gasteiger partial charge in [-0.25, -0.2) is 9.97 Å². The van der Waals surface area contributed by atoms with Gasteiger partial charge in [0, 0.05) is 56.3 Å². The number of likely N-dealkylation sites (tertiary alicyclic amines) is 1. The van der Waals surface area contributed by atoms with Gasteiger partial charge in [-0.1, -0.05) is 5.57 Å². The minimum absolute atomic E-state index is 0.0177. The van der Waals surface area contributed by atoms with Gasteiger partial charge in [-0.15, -0.1) is 11.3 Å². The Balaban J connectivity index is 1.37. The summed E-state index contributed by atoms with van der Waals surface area (Å²) in [7, 11) is 0. The van der Waals surface area contributed by atoms with Crippen molar-refractivity contribution in [3.63, 3.8) is 0 Å². The smallest absolute Gasteiger partial charge is 0.246 e. The summed E-state index contributed by atoms with van der Waals surface area (Å²) in [5, 5.41) is 8.60. The Bertz CT molecular complexity index is 1070. The highest BCUT2D eigenvalue weighted by molar-refractivity contribution is 7.10. The first-order valence-corrected chi connectivity index (χ1v) is 12.1. The molecule has 0 bridgehead atoms. The molecule has 0 unspecified atom stereocenters. The van der Waals surface area contributed by atoms with Gasteiger partial charge < -0.3 is 15.5 Å². The summed E-state index contributed by atoms with van der Waals surface area (Å²) in [6.45, 7) is 1.94. The van der Waals surface area contributed by atoms with Gasteiger partial charge in [-0.3, -0.25) is 14.4 Å². The standard InChI is InChI=1S/C24H27N5O3S/c30-20-4-5-21(31)28-24-19(2-1-9-25-20)14-18(16-27-24)3-6-23(32)29-11-7-17(8-12-29)15-22-26-10-13-33-22/h3,6,10,13-16H,1-2,4-5,7-9,11-12H2,(H,25,30)(H,27,28,31). The third kappa shape index (κ3) is 6.58. The average Bonchev–Trinajstić information content (AvgIpc) is 3.32. The van der Waals surface area contributed by atoms with Crippen LogP contribution in [0.1, 0.15) is 48.2 Å². The molecular weight excluding hydrogens is 438 g/mol. The third-order valence-corrected chi connectivity index (χ3v) is 6.41. The second-order valence-corrected chi connectivity index (χ2v) is 9.04. The van der Waals surface area contributed by atoms with Gasteiger partial charge in [0.1, 0.15) is 10.8 Å². The SMILES string of the molecule is O=C1CCC(=O)Nc2ncc(C=CC(=O)N3CCC(=Cc4nccs4)CC3)cc2CCCN1. The maximum atomic E-state index is 12.7. The Morgan fingerprint density at radius 1 is 1.06 bits per heavy atom. The van der Waals surface area contributed by atoms with Gasteiger partial charge in [0.2, 0.25) is 17.7 Å². The van der Waals surface area contributed by atoms with Crippen molar-refractivity contribution in [2.24, 2.45) is 0 Å². The molecule has 2 aromatic heterocycles. The first kappa shape index (κ1) is 22.8. The number of nitrogens with one attached hydrogen (secondary N) is 2. The van der Waals surface area contributed by atoms with Gasteiger partial charge in [-0.2, -0.15) is 0 Å². The molecular formula is C24H27N5O3S. The molecule has 9 heteroatoms. The van der Waals surface area contributed by atoms with Gasteiger partial charge in [-0.05, 0) is 55.0 Å². The fourth-order valence-corrected chi connectivity index (χ4v) is 4.47. The van der Waals surface area contributed by atoms with Crippen LogP contribution in [-0.4, -0.2) is 52.2 Å². The molecule has 2 aliphatic heterocycles. The van der Waals surface area contributed by atoms with Crippen LogP contribution in [0.3, 0.4) is 0 Å². The Labute approximate surface area is 196 Å². The van der Waals surface area contributed by atoms with Crippen LogP contribution in [0.2, 0.25) is 0 Å². The normalized spacial score (nSPS) is 17.7. The number of anilines is 1. The molecule has 0 saturated carbocycles. The average molecular weight is 466 g/mol. The summed E-state index contributed by atoms with van der Waals surface area (Å²) in [6.07, 6.45) is 12.4. The van der Waals surface area contributed by atoms with Crippen LogP contribution < -0.4 is 10.6 Å². The predicted octanol–water partition coefficient (Wildman–Crippen LogP) is 3.04. The molecule has 2 aliphatic rings. The Hall–Kier alpha value is -3.33. The van der Waals surface area contributed by atoms with Crippen LogP contribution in [0.5, 0.6) is 0 Å². The van der Waals surface area contributed by atoms with E-state index < -0.39 is 0 Å². The van der Waals surface area contributed by atoms with Crippen molar-refractivity contribution in [2.45, 2.75) is 38.5 Å². The second-order valence-electron chi connectivity index (χ2n) is 8.11. The van der Waals surface area contributed by atoms with E-state index in [1.807, 2.05) is 16.3 Å². The van der Waals surface area contributed by atoms with Crippen LogP contribution in [0.4, 0.5) is 5.82 Å². The number of carbonyl (C=O) groups is 3. The summed E-state index contributed by atoms with van der Waals surface area (Å²) in [5.41, 5.74) is 3.02. The molecule has 172 valence electrons. The topological polar surface area (TPSA) is 104 Å². The molecule has 8 nitrogen and oxygen atoms in total. The predicted molar refractivity (Wildman–Crippen MR) is 128 cm³/mol. The third-order valence-electron chi connectivity index (χ3n) is 5.68. The summed E-state index contributed by atoms with van der Waals surface area (Å²) in [4.78, 5) is 47.0. The molecule has 33 heavy (non-hydrogen) atoms. The summed E-state index contributed by atoms with van der Waals surface area (Å²) in [5.74, 6) is 0.159. The fourth-order valence-electron chi connectivity index (χ4n) is 3.85. The number of pyridine rings is 1. The number of carbonyl (C=O) groups excluding carboxylic acids is 3. The zero-order valence-corrected chi connectivity index (χ0v) is 19.2. The highest BCUT2D eigenvalue weighted by Crippen LogP contribution is 2.21. The number of piperidine rings is 1. The van der Waals surface area contributed by atoms with Crippen LogP contribution in [0.15, 0.2) is 35.5 Å². The molecule has 0 atom stereocenters. The van der Waals surface area contributed by atoms with Gasteiger partial charge in [0.05, 0.1) is 0 Å². The maximum Gasteiger partial charge on any atom is 0.246 e. The van der Waals surface area contributed by atoms with Crippen LogP contribution in [0, 0.1) is 0 Å². The van der Waals surface area contributed by atoms with E-state index in [0.717, 1.165) is 35.4 Å². The maximum absolute atomic E-state index is 12.7. The van der Waals surface area contributed by atoms with Gasteiger partial charge >= 0.3 is 0 Å². The van der Waals surface area contributed by atoms with E-state index in [2.05, 4.69) is 26.7 Å². The number of nitrogens with zero attached hydrogens (tertiary/aromatic N) is 3. The first-order chi connectivity index (χ1) is 16.1. The number of thiazole rings is 1. The largest absolute Gasteiger partial charge is 0.356 e. The Kier molecular flexibility index (Phi) is 7.62. The number of aromatic nitrogens is 2. The Morgan fingerprint density at radius 2 is 1.88 bits per heavy atom. The molecule has 1 saturated heterocycles. The molecule has 0 spiro atoms. The number of rotatable bonds is 3. The van der Waals surface area contributed by atoms with Crippen molar-refractivity contribution in [2.75, 3.05) is 25.0 Å². The van der Waals surface area contributed by atoms with Crippen molar-refractivity contribution in [3.05, 3.63) is 51.6 Å². The molecule has 2 N–H and O–H groups in total. The monoisotopic (exact) mass is 465 g/mol. The minimum Gasteiger partial charge on any atom is -0.356 e. The summed E-state index contributed by atoms with van der Waals surface area (Å²) < 4.78 is 0. The lowest BCUT2D eigenvalue weighted by Crippen LogP contribution is -2.35. The molecule has 3 amide bonds. The van der Waals surface area contributed by atoms with Crippen molar-refractivity contribution in [1.29, 1.82) is 0 Å². The number of amides is 3. The molecule has 0 aromatic carbocycles. The first-order valence-electron chi connectivity index (χ1n) is 11.2. The van der Waals surface area contributed by atoms with Crippen LogP contribution >= 0.6 is 11.3 Å². The van der Waals surface area contributed by atoms with Crippen molar-refractivity contribution >= 4 is 47.0 Å². The van der Waals surface area contributed by atoms with Crippen LogP contribution in [-0.2, 0) is 20.8 Å². The molecule has 2 aromatic rings. The molecule has 0 aliphatic carbocycles. The summed E-state index contributed by atoms with van der Waals surface area (Å²) >= 11 is 1.62. The second kappa shape index (κ2) is 11.0. The number of fused-ring (bicyclic) bond motifs is 1. The minimum atomic E-state index is -0.229. The van der Waals surface area contributed by atoms with Crippen molar-refractivity contribution < 1.29 is 14.4 Å². The van der Waals surface area contributed by atoms with E-state index in [1.165, 1.54) is 5.57 Å². The van der Waals surface area contributed by atoms with Crippen molar-refractivity contribution in [3.8, 4) is 0 Å². The summed E-state index contributed by atoms with van der Waals surface area (Å²) in [6, 6.07) is 1.94. The molecule has 0 radical (unpaired) electrons. The molecule has 4 rings (SSSR count). The van der Waals surface area contributed by atoms with E-state index in [-0.39, 0.29) is 30.6 Å². The molecule has 4 heterocycles. The number of hydrogen-bond acceptors (Lipinski definition) is 6. The highest BCUT2D eigenvalue weighted by Gasteiger charge is 2.18. The van der Waals surface area contributed by atoms with E-state index in [1.54, 1.807) is 35.9 Å². The van der Waals surface area contributed by atoms with E-state index >= 15 is 0 Å². The van der Waals surface area contributed by atoms with Crippen molar-refractivity contribution in [1.82, 2.24) is 20.2 Å². The highest BCUT2D eigenvalue weighted by atomic mass is 32.1. The fraction of sp³-hybridized carbons (Fsp3) is 0.375. The lowest BCUT2D eigenvalue weighted by atomic mass is 10.0. The van der Waals surface area contributed by atoms with E-state index in [0.29, 0.717) is 31.9 Å². The van der Waals surface area contributed by atoms with Gasteiger partial charge in [0.15, 0.2) is 0 Å². The Morgan fingerprint density at radius 3 is 2.67 bits per heavy atom. The van der Waals surface area contributed by atoms with E-state index in [9.17, 15) is 14.4 Å². The molecule has 1 fully saturated rings.